The van der Waals surface area contributed by atoms with Gasteiger partial charge in [0.15, 0.2) is 0 Å². The van der Waals surface area contributed by atoms with Gasteiger partial charge in [0.1, 0.15) is 11.2 Å². The molecule has 1 fully saturated rings. The van der Waals surface area contributed by atoms with Gasteiger partial charge in [-0.25, -0.2) is 0 Å². The summed E-state index contributed by atoms with van der Waals surface area (Å²) in [5.74, 6) is -0.0762. The van der Waals surface area contributed by atoms with Crippen molar-refractivity contribution < 1.29 is 4.79 Å². The molecule has 1 amide bonds. The van der Waals surface area contributed by atoms with Crippen LogP contribution in [0.15, 0.2) is 12.3 Å². The van der Waals surface area contributed by atoms with Crippen LogP contribution in [0.5, 0.6) is 0 Å². The van der Waals surface area contributed by atoms with E-state index in [1.54, 1.807) is 12.3 Å². The second-order valence-corrected chi connectivity index (χ2v) is 5.65. The van der Waals surface area contributed by atoms with Crippen molar-refractivity contribution in [2.45, 2.75) is 58.4 Å². The number of nitriles is 1. The van der Waals surface area contributed by atoms with E-state index in [4.69, 9.17) is 16.9 Å². The van der Waals surface area contributed by atoms with Gasteiger partial charge in [0.2, 0.25) is 0 Å². The third-order valence-electron chi connectivity index (χ3n) is 3.51. The molecule has 1 saturated carbocycles. The van der Waals surface area contributed by atoms with Crippen LogP contribution in [0.4, 0.5) is 0 Å². The quantitative estimate of drug-likeness (QED) is 0.915. The minimum Gasteiger partial charge on any atom is -0.332 e. The Hall–Kier alpha value is -1.60. The largest absolute Gasteiger partial charge is 0.332 e. The fourth-order valence-electron chi connectivity index (χ4n) is 2.07. The number of halogens is 1. The molecule has 114 valence electrons. The highest BCUT2D eigenvalue weighted by molar-refractivity contribution is 6.31. The van der Waals surface area contributed by atoms with Gasteiger partial charge in [-0.15, -0.1) is 0 Å². The Balaban J connectivity index is 0.00000106. The zero-order chi connectivity index (χ0) is 16.0. The van der Waals surface area contributed by atoms with Crippen LogP contribution in [0.3, 0.4) is 0 Å². The van der Waals surface area contributed by atoms with E-state index in [0.29, 0.717) is 17.9 Å². The zero-order valence-electron chi connectivity index (χ0n) is 13.0. The molecular weight excluding hydrogens is 286 g/mol. The summed E-state index contributed by atoms with van der Waals surface area (Å²) in [6.07, 6.45) is 4.00. The molecule has 0 bridgehead atoms. The van der Waals surface area contributed by atoms with E-state index >= 15 is 0 Å². The molecule has 0 aliphatic heterocycles. The smallest absolute Gasteiger partial charge is 0.271 e. The van der Waals surface area contributed by atoms with E-state index in [0.717, 1.165) is 12.0 Å². The van der Waals surface area contributed by atoms with E-state index in [2.05, 4.69) is 16.4 Å². The first kappa shape index (κ1) is 17.5. The standard InChI is InChI=1S/C14H16ClN3O.C2H6/c1-9(2)10-7-17-12(6-11(10)15)13(19)18-14(8-16)4-3-5-14;1-2/h6-7,9H,3-5H2,1-2H3,(H,18,19);1-2H3. The van der Waals surface area contributed by atoms with Crippen molar-refractivity contribution in [3.63, 3.8) is 0 Å². The van der Waals surface area contributed by atoms with Crippen molar-refractivity contribution in [2.24, 2.45) is 0 Å². The lowest BCUT2D eigenvalue weighted by molar-refractivity contribution is 0.0876. The second-order valence-electron chi connectivity index (χ2n) is 5.25. The number of amides is 1. The van der Waals surface area contributed by atoms with Crippen LogP contribution in [0.25, 0.3) is 0 Å². The first-order chi connectivity index (χ1) is 9.97. The molecule has 1 aliphatic carbocycles. The molecule has 0 radical (unpaired) electrons. The number of hydrogen-bond donors (Lipinski definition) is 1. The van der Waals surface area contributed by atoms with E-state index < -0.39 is 5.54 Å². The van der Waals surface area contributed by atoms with Crippen LogP contribution in [0.1, 0.15) is 68.9 Å². The molecular formula is C16H22ClN3O. The van der Waals surface area contributed by atoms with Crippen molar-refractivity contribution >= 4 is 17.5 Å². The van der Waals surface area contributed by atoms with Crippen molar-refractivity contribution in [1.29, 1.82) is 5.26 Å². The Morgan fingerprint density at radius 2 is 2.10 bits per heavy atom. The van der Waals surface area contributed by atoms with Crippen LogP contribution in [0.2, 0.25) is 5.02 Å². The fraction of sp³-hybridized carbons (Fsp3) is 0.562. The number of nitrogens with one attached hydrogen (secondary N) is 1. The Kier molecular flexibility index (Phi) is 6.17. The summed E-state index contributed by atoms with van der Waals surface area (Å²) < 4.78 is 0. The molecule has 0 spiro atoms. The first-order valence-corrected chi connectivity index (χ1v) is 7.74. The lowest BCUT2D eigenvalue weighted by atomic mass is 9.78. The summed E-state index contributed by atoms with van der Waals surface area (Å²) in [5, 5.41) is 12.4. The molecule has 0 atom stereocenters. The third kappa shape index (κ3) is 3.95. The van der Waals surface area contributed by atoms with E-state index in [1.165, 1.54) is 0 Å². The number of rotatable bonds is 3. The van der Waals surface area contributed by atoms with Crippen LogP contribution < -0.4 is 5.32 Å². The van der Waals surface area contributed by atoms with E-state index in [9.17, 15) is 4.79 Å². The summed E-state index contributed by atoms with van der Waals surface area (Å²) >= 11 is 6.14. The Morgan fingerprint density at radius 1 is 1.48 bits per heavy atom. The minimum atomic E-state index is -0.706. The molecule has 0 unspecified atom stereocenters. The summed E-state index contributed by atoms with van der Waals surface area (Å²) in [7, 11) is 0. The average molecular weight is 308 g/mol. The Morgan fingerprint density at radius 3 is 2.48 bits per heavy atom. The SMILES string of the molecule is CC.CC(C)c1cnc(C(=O)NC2(C#N)CCC2)cc1Cl. The van der Waals surface area contributed by atoms with Gasteiger partial charge in [-0.1, -0.05) is 39.3 Å². The molecule has 0 saturated heterocycles. The number of aromatic nitrogens is 1. The monoisotopic (exact) mass is 307 g/mol. The molecule has 5 heteroatoms. The Labute approximate surface area is 131 Å². The van der Waals surface area contributed by atoms with Crippen molar-refractivity contribution in [3.05, 3.63) is 28.5 Å². The van der Waals surface area contributed by atoms with Gasteiger partial charge in [0, 0.05) is 11.2 Å². The maximum Gasteiger partial charge on any atom is 0.271 e. The predicted octanol–water partition coefficient (Wildman–Crippen LogP) is 4.06. The molecule has 2 rings (SSSR count). The van der Waals surface area contributed by atoms with Gasteiger partial charge in [0.05, 0.1) is 6.07 Å². The molecule has 21 heavy (non-hydrogen) atoms. The van der Waals surface area contributed by atoms with Crippen molar-refractivity contribution in [3.8, 4) is 6.07 Å². The highest BCUT2D eigenvalue weighted by Crippen LogP contribution is 2.31. The number of pyridine rings is 1. The highest BCUT2D eigenvalue weighted by atomic mass is 35.5. The second kappa shape index (κ2) is 7.42. The molecule has 1 N–H and O–H groups in total. The van der Waals surface area contributed by atoms with Gasteiger partial charge in [-0.2, -0.15) is 5.26 Å². The van der Waals surface area contributed by atoms with Gasteiger partial charge in [0.25, 0.3) is 5.91 Å². The van der Waals surface area contributed by atoms with Crippen molar-refractivity contribution in [1.82, 2.24) is 10.3 Å². The summed E-state index contributed by atoms with van der Waals surface area (Å²) in [6.45, 7) is 8.03. The van der Waals surface area contributed by atoms with Gasteiger partial charge in [-0.3, -0.25) is 9.78 Å². The van der Waals surface area contributed by atoms with Crippen molar-refractivity contribution in [2.75, 3.05) is 0 Å². The summed E-state index contributed by atoms with van der Waals surface area (Å²) in [6, 6.07) is 3.73. The molecule has 1 aromatic heterocycles. The van der Waals surface area contributed by atoms with Gasteiger partial charge in [-0.05, 0) is 36.8 Å². The van der Waals surface area contributed by atoms with Gasteiger partial charge >= 0.3 is 0 Å². The summed E-state index contributed by atoms with van der Waals surface area (Å²) in [5.41, 5.74) is 0.467. The lowest BCUT2D eigenvalue weighted by Crippen LogP contribution is -2.52. The molecule has 1 aliphatic rings. The zero-order valence-corrected chi connectivity index (χ0v) is 13.8. The minimum absolute atomic E-state index is 0.259. The number of carbonyl (C=O) groups excluding carboxylic acids is 1. The highest BCUT2D eigenvalue weighted by Gasteiger charge is 2.39. The molecule has 1 aromatic rings. The maximum atomic E-state index is 12.1. The predicted molar refractivity (Wildman–Crippen MR) is 84.3 cm³/mol. The average Bonchev–Trinajstić information content (AvgIpc) is 2.44. The Bertz CT molecular complexity index is 545. The number of hydrogen-bond acceptors (Lipinski definition) is 3. The van der Waals surface area contributed by atoms with E-state index in [1.807, 2.05) is 27.7 Å². The van der Waals surface area contributed by atoms with E-state index in [-0.39, 0.29) is 17.5 Å². The number of nitrogens with zero attached hydrogens (tertiary/aromatic N) is 2. The first-order valence-electron chi connectivity index (χ1n) is 7.37. The molecule has 4 nitrogen and oxygen atoms in total. The molecule has 1 heterocycles. The summed E-state index contributed by atoms with van der Waals surface area (Å²) in [4.78, 5) is 16.2. The van der Waals surface area contributed by atoms with Gasteiger partial charge < -0.3 is 5.32 Å². The van der Waals surface area contributed by atoms with Crippen LogP contribution in [0, 0.1) is 11.3 Å². The topological polar surface area (TPSA) is 65.8 Å². The van der Waals surface area contributed by atoms with Crippen LogP contribution in [-0.4, -0.2) is 16.4 Å². The normalized spacial score (nSPS) is 15.3. The van der Waals surface area contributed by atoms with Crippen LogP contribution in [-0.2, 0) is 0 Å². The number of carbonyl (C=O) groups is 1. The fourth-order valence-corrected chi connectivity index (χ4v) is 2.44. The molecule has 0 aromatic carbocycles. The third-order valence-corrected chi connectivity index (χ3v) is 3.84. The van der Waals surface area contributed by atoms with Crippen LogP contribution >= 0.6 is 11.6 Å². The maximum absolute atomic E-state index is 12.1. The lowest BCUT2D eigenvalue weighted by Gasteiger charge is -2.35.